The predicted molar refractivity (Wildman–Crippen MR) is 265 cm³/mol. The molecule has 0 aliphatic carbocycles. The minimum Gasteiger partial charge on any atom is -0.444 e. The van der Waals surface area contributed by atoms with Crippen LogP contribution in [-0.4, -0.2) is 128 Å². The molecule has 1 aliphatic heterocycles. The van der Waals surface area contributed by atoms with Gasteiger partial charge in [-0.25, -0.2) is 4.79 Å². The number of Topliss-reactive ketones (excluding diaryl/α,β-unsaturated/α-hetero) is 2. The highest BCUT2D eigenvalue weighted by Gasteiger charge is 2.44. The molecule has 1 fully saturated rings. The van der Waals surface area contributed by atoms with Crippen molar-refractivity contribution in [2.75, 3.05) is 34.9 Å². The number of likely N-dealkylation sites (tertiary alicyclic amines) is 1. The number of carbonyl (C=O) groups is 5. The van der Waals surface area contributed by atoms with E-state index in [0.29, 0.717) is 38.6 Å². The number of ether oxygens (including phenoxy) is 3. The maximum Gasteiger partial charge on any atom is 0.410 e. The third-order valence-electron chi connectivity index (χ3n) is 13.9. The second-order valence-electron chi connectivity index (χ2n) is 20.8. The van der Waals surface area contributed by atoms with E-state index in [1.54, 1.807) is 66.1 Å². The van der Waals surface area contributed by atoms with Crippen molar-refractivity contribution in [2.45, 2.75) is 168 Å². The maximum absolute atomic E-state index is 14.6. The summed E-state index contributed by atoms with van der Waals surface area (Å²) in [6.07, 6.45) is 2.36. The number of benzene rings is 2. The van der Waals surface area contributed by atoms with Gasteiger partial charge in [-0.05, 0) is 99.8 Å². The highest BCUT2D eigenvalue weighted by molar-refractivity contribution is 7.85. The number of amides is 3. The van der Waals surface area contributed by atoms with Gasteiger partial charge in [0.1, 0.15) is 11.4 Å². The minimum absolute atomic E-state index is 0.00979. The molecule has 0 saturated carbocycles. The number of ketones is 2. The quantitative estimate of drug-likeness (QED) is 0.0892. The van der Waals surface area contributed by atoms with E-state index in [4.69, 9.17) is 14.2 Å². The molecule has 3 rings (SSSR count). The molecule has 2 aromatic carbocycles. The molecule has 9 atom stereocenters. The molecule has 0 radical (unpaired) electrons. The van der Waals surface area contributed by atoms with Gasteiger partial charge in [0.2, 0.25) is 11.8 Å². The Balaban J connectivity index is 1.81. The fraction of sp³-hybridized carbons (Fsp3) is 0.679. The average Bonchev–Trinajstić information content (AvgIpc) is 3.76. The largest absolute Gasteiger partial charge is 0.444 e. The Labute approximate surface area is 408 Å². The Bertz CT molecular complexity index is 2050. The lowest BCUT2D eigenvalue weighted by Crippen LogP contribution is -2.54. The first-order valence-electron chi connectivity index (χ1n) is 24.5. The van der Waals surface area contributed by atoms with Gasteiger partial charge < -0.3 is 28.9 Å². The summed E-state index contributed by atoms with van der Waals surface area (Å²) in [5.74, 6) is -2.38. The van der Waals surface area contributed by atoms with Crippen LogP contribution in [0.3, 0.4) is 0 Å². The molecule has 68 heavy (non-hydrogen) atoms. The molecule has 1 heterocycles. The molecule has 0 spiro atoms. The number of hydrogen-bond donors (Lipinski definition) is 1. The molecular weight excluding hydrogens is 887 g/mol. The van der Waals surface area contributed by atoms with Crippen molar-refractivity contribution in [2.24, 2.45) is 35.5 Å². The molecular formula is C53H83N3O11S. The summed E-state index contributed by atoms with van der Waals surface area (Å²) in [5, 5.41) is 0. The molecule has 3 amide bonds. The summed E-state index contributed by atoms with van der Waals surface area (Å²) in [6, 6.07) is 14.4. The van der Waals surface area contributed by atoms with Crippen LogP contribution in [0.1, 0.15) is 125 Å². The molecule has 14 nitrogen and oxygen atoms in total. The Kier molecular flexibility index (Phi) is 22.4. The summed E-state index contributed by atoms with van der Waals surface area (Å²) in [7, 11) is 2.10. The van der Waals surface area contributed by atoms with Gasteiger partial charge >= 0.3 is 6.09 Å². The summed E-state index contributed by atoms with van der Waals surface area (Å²) >= 11 is 0. The standard InChI is InChI=1S/C53H83N3O11S/c1-15-36(6)49(54(11)51(60)42(34(2)3)32-45(58)48(35(4)5)55(12)52(61)67-53(8,9)10)46(65-13)33-47(59)56-29-19-22-43(56)50(66-14)37(7)44(57)31-40(30-39-20-17-16-18-21-39)24-23-38-25-27-41(28-26-38)68(62,63)64/h16-18,20-21,25-28,34-37,40,42-43,46,48-50H,15,19,22-24,29-33H2,1-14H3,(H,62,63,64)/t36-,37-,40+,42-,43-,46+,48-,49-,50+/m0/s1. The zero-order chi connectivity index (χ0) is 51.3. The van der Waals surface area contributed by atoms with E-state index in [1.165, 1.54) is 17.0 Å². The van der Waals surface area contributed by atoms with Crippen molar-refractivity contribution in [3.8, 4) is 0 Å². The van der Waals surface area contributed by atoms with Crippen molar-refractivity contribution in [3.05, 3.63) is 65.7 Å². The average molecular weight is 970 g/mol. The van der Waals surface area contributed by atoms with Crippen LogP contribution in [0.15, 0.2) is 59.5 Å². The lowest BCUT2D eigenvalue weighted by molar-refractivity contribution is -0.149. The molecule has 382 valence electrons. The lowest BCUT2D eigenvalue weighted by Gasteiger charge is -2.41. The predicted octanol–water partition coefficient (Wildman–Crippen LogP) is 8.73. The highest BCUT2D eigenvalue weighted by atomic mass is 32.2. The van der Waals surface area contributed by atoms with E-state index in [9.17, 15) is 36.9 Å². The van der Waals surface area contributed by atoms with Crippen LogP contribution in [0.25, 0.3) is 0 Å². The van der Waals surface area contributed by atoms with E-state index in [0.717, 1.165) is 17.5 Å². The lowest BCUT2D eigenvalue weighted by atomic mass is 9.83. The number of hydrogen-bond acceptors (Lipinski definition) is 10. The Hall–Kier alpha value is -4.18. The van der Waals surface area contributed by atoms with E-state index < -0.39 is 57.9 Å². The van der Waals surface area contributed by atoms with Gasteiger partial charge in [-0.2, -0.15) is 8.42 Å². The SMILES string of the molecule is CC[C@H](C)[C@@H]([C@@H](CC(=O)N1CCC[C@H]1[C@H](OC)[C@@H](C)C(=O)C[C@H](CCc1ccc(S(=O)(=O)O)cc1)Cc1ccccc1)OC)N(C)C(=O)[C@@H](CC(=O)[C@H](C(C)C)N(C)C(=O)OC(C)(C)C)C(C)C. The third kappa shape index (κ3) is 16.5. The zero-order valence-corrected chi connectivity index (χ0v) is 44.2. The Morgan fingerprint density at radius 1 is 0.809 bits per heavy atom. The normalized spacial score (nSPS) is 18.0. The smallest absolute Gasteiger partial charge is 0.410 e. The van der Waals surface area contributed by atoms with Crippen LogP contribution < -0.4 is 0 Å². The summed E-state index contributed by atoms with van der Waals surface area (Å²) in [5.41, 5.74) is 1.24. The Morgan fingerprint density at radius 3 is 1.94 bits per heavy atom. The topological polar surface area (TPSA) is 177 Å². The first kappa shape index (κ1) is 58.1. The van der Waals surface area contributed by atoms with Crippen LogP contribution in [0.2, 0.25) is 0 Å². The van der Waals surface area contributed by atoms with Crippen molar-refractivity contribution >= 4 is 39.6 Å². The highest BCUT2D eigenvalue weighted by Crippen LogP contribution is 2.33. The van der Waals surface area contributed by atoms with Gasteiger partial charge in [-0.1, -0.05) is 97.4 Å². The zero-order valence-electron chi connectivity index (χ0n) is 43.4. The molecule has 0 aromatic heterocycles. The van der Waals surface area contributed by atoms with Crippen LogP contribution >= 0.6 is 0 Å². The molecule has 2 aromatic rings. The van der Waals surface area contributed by atoms with Gasteiger partial charge in [-0.15, -0.1) is 0 Å². The van der Waals surface area contributed by atoms with E-state index in [2.05, 4.69) is 0 Å². The van der Waals surface area contributed by atoms with E-state index in [1.807, 2.05) is 83.7 Å². The molecule has 1 N–H and O–H groups in total. The second kappa shape index (κ2) is 26.1. The van der Waals surface area contributed by atoms with Crippen molar-refractivity contribution in [1.29, 1.82) is 0 Å². The number of rotatable bonds is 26. The van der Waals surface area contributed by atoms with Crippen molar-refractivity contribution in [1.82, 2.24) is 14.7 Å². The molecule has 0 unspecified atom stereocenters. The van der Waals surface area contributed by atoms with E-state index in [-0.39, 0.29) is 77.3 Å². The number of methoxy groups -OCH3 is 2. The third-order valence-corrected chi connectivity index (χ3v) is 14.7. The van der Waals surface area contributed by atoms with Crippen LogP contribution in [0.4, 0.5) is 4.79 Å². The second-order valence-corrected chi connectivity index (χ2v) is 22.2. The minimum atomic E-state index is -4.31. The number of nitrogens with zero attached hydrogens (tertiary/aromatic N) is 3. The van der Waals surface area contributed by atoms with Gasteiger partial charge in [0.25, 0.3) is 10.1 Å². The fourth-order valence-electron chi connectivity index (χ4n) is 9.92. The molecule has 0 bridgehead atoms. The van der Waals surface area contributed by atoms with Crippen LogP contribution in [0.5, 0.6) is 0 Å². The fourth-order valence-corrected chi connectivity index (χ4v) is 10.4. The first-order chi connectivity index (χ1) is 31.8. The Morgan fingerprint density at radius 2 is 1.43 bits per heavy atom. The summed E-state index contributed by atoms with van der Waals surface area (Å²) in [4.78, 5) is 75.2. The van der Waals surface area contributed by atoms with Gasteiger partial charge in [0.15, 0.2) is 5.78 Å². The summed E-state index contributed by atoms with van der Waals surface area (Å²) in [6.45, 7) is 19.3. The van der Waals surface area contributed by atoms with Crippen LogP contribution in [0, 0.1) is 35.5 Å². The maximum atomic E-state index is 14.6. The number of likely N-dealkylation sites (N-methyl/N-ethyl adjacent to an activating group) is 2. The van der Waals surface area contributed by atoms with Gasteiger partial charge in [0, 0.05) is 59.5 Å². The van der Waals surface area contributed by atoms with Gasteiger partial charge in [-0.3, -0.25) is 23.7 Å². The molecule has 15 heteroatoms. The van der Waals surface area contributed by atoms with Crippen LogP contribution in [-0.2, 0) is 56.3 Å². The van der Waals surface area contributed by atoms with E-state index >= 15 is 0 Å². The molecule has 1 saturated heterocycles. The van der Waals surface area contributed by atoms with Crippen molar-refractivity contribution < 1.29 is 51.2 Å². The first-order valence-corrected chi connectivity index (χ1v) is 25.9. The molecule has 1 aliphatic rings. The monoisotopic (exact) mass is 970 g/mol. The van der Waals surface area contributed by atoms with Gasteiger partial charge in [0.05, 0.1) is 41.6 Å². The number of carbonyl (C=O) groups excluding carboxylic acids is 5. The summed E-state index contributed by atoms with van der Waals surface area (Å²) < 4.78 is 50.4. The number of aryl methyl sites for hydroxylation is 1. The van der Waals surface area contributed by atoms with Crippen molar-refractivity contribution in [3.63, 3.8) is 0 Å².